The van der Waals surface area contributed by atoms with Crippen molar-refractivity contribution in [1.29, 1.82) is 0 Å². The molecule has 1 heterocycles. The molecule has 3 nitrogen and oxygen atoms in total. The molecule has 1 rings (SSSR count). The Bertz CT molecular complexity index is 202. The number of aliphatic hydroxyl groups is 1. The first-order valence-electron chi connectivity index (χ1n) is 5.89. The molecule has 0 bridgehead atoms. The van der Waals surface area contributed by atoms with Crippen LogP contribution in [0, 0.1) is 5.92 Å². The van der Waals surface area contributed by atoms with Crippen molar-refractivity contribution in [3.8, 4) is 0 Å². The van der Waals surface area contributed by atoms with Crippen molar-refractivity contribution in [3.05, 3.63) is 0 Å². The van der Waals surface area contributed by atoms with Gasteiger partial charge in [0.2, 0.25) is 0 Å². The van der Waals surface area contributed by atoms with E-state index in [1.54, 1.807) is 0 Å². The number of ether oxygens (including phenoxy) is 1. The van der Waals surface area contributed by atoms with E-state index in [1.807, 2.05) is 6.92 Å². The predicted molar refractivity (Wildman–Crippen MR) is 61.9 cm³/mol. The zero-order chi connectivity index (χ0) is 11.6. The summed E-state index contributed by atoms with van der Waals surface area (Å²) in [7, 11) is 0. The molecule has 0 aromatic carbocycles. The summed E-state index contributed by atoms with van der Waals surface area (Å²) >= 11 is 0. The number of β-amino-alcohol motifs (C(OH)–C–C–N with tert-alkyl or cyclic N) is 1. The fraction of sp³-hybridized carbons (Fsp3) is 1.00. The predicted octanol–water partition coefficient (Wildman–Crippen LogP) is 1.50. The lowest BCUT2D eigenvalue weighted by Crippen LogP contribution is -2.50. The molecule has 1 saturated heterocycles. The third-order valence-electron chi connectivity index (χ3n) is 3.08. The quantitative estimate of drug-likeness (QED) is 0.758. The van der Waals surface area contributed by atoms with Crippen molar-refractivity contribution in [2.45, 2.75) is 52.3 Å². The maximum Gasteiger partial charge on any atom is 0.0978 e. The molecule has 2 atom stereocenters. The Kier molecular flexibility index (Phi) is 4.15. The standard InChI is InChI=1S/C12H25NO2/c1-9(2)11-6-15-8-12(5,14)7-13(11)10(3)4/h9-11,14H,6-8H2,1-5H3. The van der Waals surface area contributed by atoms with Gasteiger partial charge < -0.3 is 9.84 Å². The molecule has 1 N–H and O–H groups in total. The van der Waals surface area contributed by atoms with E-state index >= 15 is 0 Å². The average molecular weight is 215 g/mol. The largest absolute Gasteiger partial charge is 0.386 e. The van der Waals surface area contributed by atoms with Gasteiger partial charge in [-0.25, -0.2) is 0 Å². The molecule has 2 unspecified atom stereocenters. The number of hydrogen-bond donors (Lipinski definition) is 1. The molecule has 90 valence electrons. The Morgan fingerprint density at radius 1 is 1.33 bits per heavy atom. The molecule has 15 heavy (non-hydrogen) atoms. The first-order valence-corrected chi connectivity index (χ1v) is 5.89. The van der Waals surface area contributed by atoms with Gasteiger partial charge >= 0.3 is 0 Å². The molecule has 0 aromatic heterocycles. The Hall–Kier alpha value is -0.120. The van der Waals surface area contributed by atoms with E-state index in [1.165, 1.54) is 0 Å². The minimum absolute atomic E-state index is 0.416. The SMILES string of the molecule is CC(C)C1COCC(C)(O)CN1C(C)C. The van der Waals surface area contributed by atoms with Gasteiger partial charge in [-0.05, 0) is 26.7 Å². The Balaban J connectivity index is 2.80. The van der Waals surface area contributed by atoms with E-state index in [4.69, 9.17) is 4.74 Å². The first-order chi connectivity index (χ1) is 6.83. The lowest BCUT2D eigenvalue weighted by molar-refractivity contribution is -0.0245. The first kappa shape index (κ1) is 12.9. The van der Waals surface area contributed by atoms with Gasteiger partial charge in [-0.3, -0.25) is 4.90 Å². The van der Waals surface area contributed by atoms with Crippen molar-refractivity contribution in [2.75, 3.05) is 19.8 Å². The van der Waals surface area contributed by atoms with Gasteiger partial charge in [0.05, 0.1) is 18.8 Å². The minimum Gasteiger partial charge on any atom is -0.386 e. The zero-order valence-electron chi connectivity index (χ0n) is 10.7. The van der Waals surface area contributed by atoms with E-state index in [-0.39, 0.29) is 0 Å². The number of nitrogens with zero attached hydrogens (tertiary/aromatic N) is 1. The number of hydrogen-bond acceptors (Lipinski definition) is 3. The van der Waals surface area contributed by atoms with Crippen LogP contribution in [0.25, 0.3) is 0 Å². The van der Waals surface area contributed by atoms with Crippen molar-refractivity contribution < 1.29 is 9.84 Å². The second-order valence-electron chi connectivity index (χ2n) is 5.59. The van der Waals surface area contributed by atoms with Crippen molar-refractivity contribution in [3.63, 3.8) is 0 Å². The Morgan fingerprint density at radius 3 is 2.40 bits per heavy atom. The van der Waals surface area contributed by atoms with Crippen LogP contribution in [0.1, 0.15) is 34.6 Å². The van der Waals surface area contributed by atoms with E-state index in [0.29, 0.717) is 31.2 Å². The van der Waals surface area contributed by atoms with Gasteiger partial charge in [-0.1, -0.05) is 13.8 Å². The van der Waals surface area contributed by atoms with Gasteiger partial charge in [0.25, 0.3) is 0 Å². The summed E-state index contributed by atoms with van der Waals surface area (Å²) in [5.74, 6) is 0.557. The fourth-order valence-corrected chi connectivity index (χ4v) is 2.19. The topological polar surface area (TPSA) is 32.7 Å². The number of rotatable bonds is 2. The minimum atomic E-state index is -0.714. The molecule has 0 aliphatic carbocycles. The second-order valence-corrected chi connectivity index (χ2v) is 5.59. The van der Waals surface area contributed by atoms with E-state index in [2.05, 4.69) is 32.6 Å². The maximum atomic E-state index is 10.1. The van der Waals surface area contributed by atoms with Gasteiger partial charge in [-0.15, -0.1) is 0 Å². The summed E-state index contributed by atoms with van der Waals surface area (Å²) in [6.45, 7) is 12.5. The average Bonchev–Trinajstić information content (AvgIpc) is 2.23. The van der Waals surface area contributed by atoms with Gasteiger partial charge in [0, 0.05) is 18.6 Å². The molecular weight excluding hydrogens is 190 g/mol. The molecule has 0 amide bonds. The summed E-state index contributed by atoms with van der Waals surface area (Å²) in [4.78, 5) is 2.36. The summed E-state index contributed by atoms with van der Waals surface area (Å²) in [5.41, 5.74) is -0.714. The highest BCUT2D eigenvalue weighted by molar-refractivity contribution is 4.87. The molecule has 0 radical (unpaired) electrons. The molecular formula is C12H25NO2. The van der Waals surface area contributed by atoms with Gasteiger partial charge in [0.1, 0.15) is 0 Å². The van der Waals surface area contributed by atoms with Crippen molar-refractivity contribution in [1.82, 2.24) is 4.90 Å². The molecule has 1 aliphatic heterocycles. The molecule has 0 saturated carbocycles. The fourth-order valence-electron chi connectivity index (χ4n) is 2.19. The zero-order valence-corrected chi connectivity index (χ0v) is 10.7. The molecule has 3 heteroatoms. The van der Waals surface area contributed by atoms with E-state index < -0.39 is 5.60 Å². The third-order valence-corrected chi connectivity index (χ3v) is 3.08. The molecule has 1 aliphatic rings. The summed E-state index contributed by atoms with van der Waals surface area (Å²) in [6, 6.07) is 0.865. The Labute approximate surface area is 93.4 Å². The van der Waals surface area contributed by atoms with Crippen molar-refractivity contribution >= 4 is 0 Å². The van der Waals surface area contributed by atoms with Crippen LogP contribution in [0.15, 0.2) is 0 Å². The van der Waals surface area contributed by atoms with Crippen molar-refractivity contribution in [2.24, 2.45) is 5.92 Å². The van der Waals surface area contributed by atoms with Crippen LogP contribution in [0.5, 0.6) is 0 Å². The highest BCUT2D eigenvalue weighted by atomic mass is 16.5. The molecule has 0 aromatic rings. The highest BCUT2D eigenvalue weighted by Crippen LogP contribution is 2.22. The van der Waals surface area contributed by atoms with Crippen LogP contribution in [0.2, 0.25) is 0 Å². The van der Waals surface area contributed by atoms with Gasteiger partial charge in [-0.2, -0.15) is 0 Å². The van der Waals surface area contributed by atoms with Crippen LogP contribution >= 0.6 is 0 Å². The maximum absolute atomic E-state index is 10.1. The molecule has 1 fully saturated rings. The van der Waals surface area contributed by atoms with Gasteiger partial charge in [0.15, 0.2) is 0 Å². The second kappa shape index (κ2) is 4.81. The van der Waals surface area contributed by atoms with Crippen LogP contribution < -0.4 is 0 Å². The summed E-state index contributed by atoms with van der Waals surface area (Å²) < 4.78 is 5.57. The van der Waals surface area contributed by atoms with E-state index in [0.717, 1.165) is 6.61 Å². The van der Waals surface area contributed by atoms with E-state index in [9.17, 15) is 5.11 Å². The third kappa shape index (κ3) is 3.44. The Morgan fingerprint density at radius 2 is 1.93 bits per heavy atom. The summed E-state index contributed by atoms with van der Waals surface area (Å²) in [6.07, 6.45) is 0. The van der Waals surface area contributed by atoms with Crippen LogP contribution in [0.3, 0.4) is 0 Å². The van der Waals surface area contributed by atoms with Crippen LogP contribution in [0.4, 0.5) is 0 Å². The highest BCUT2D eigenvalue weighted by Gasteiger charge is 2.35. The monoisotopic (exact) mass is 215 g/mol. The smallest absolute Gasteiger partial charge is 0.0978 e. The summed E-state index contributed by atoms with van der Waals surface area (Å²) in [5, 5.41) is 10.1. The molecule has 0 spiro atoms. The van der Waals surface area contributed by atoms with Crippen LogP contribution in [-0.4, -0.2) is 47.4 Å². The lowest BCUT2D eigenvalue weighted by atomic mass is 10.00. The lowest BCUT2D eigenvalue weighted by Gasteiger charge is -2.37. The normalized spacial score (nSPS) is 34.8. The van der Waals surface area contributed by atoms with Crippen LogP contribution in [-0.2, 0) is 4.74 Å².